The molecule has 0 atom stereocenters. The molecule has 0 aliphatic carbocycles. The molecule has 1 aliphatic rings. The topological polar surface area (TPSA) is 66.4 Å². The van der Waals surface area contributed by atoms with Crippen molar-refractivity contribution in [3.05, 3.63) is 48.5 Å². The maximum atomic E-state index is 11.7. The molecular weight excluding hydrogens is 540 g/mol. The molecule has 0 saturated heterocycles. The third-order valence-electron chi connectivity index (χ3n) is 8.16. The molecule has 0 spiro atoms. The van der Waals surface area contributed by atoms with E-state index in [9.17, 15) is 5.11 Å². The lowest BCUT2D eigenvalue weighted by Gasteiger charge is -2.29. The second-order valence-electron chi connectivity index (χ2n) is 12.1. The highest BCUT2D eigenvalue weighted by molar-refractivity contribution is 5.40. The van der Waals surface area contributed by atoms with E-state index in [1.54, 1.807) is 0 Å². The monoisotopic (exact) mass is 598 g/mol. The van der Waals surface area contributed by atoms with E-state index >= 15 is 0 Å². The van der Waals surface area contributed by atoms with Crippen LogP contribution >= 0.6 is 0 Å². The fourth-order valence-electron chi connectivity index (χ4n) is 5.51. The third-order valence-corrected chi connectivity index (χ3v) is 8.16. The van der Waals surface area contributed by atoms with Crippen LogP contribution in [0.25, 0.3) is 0 Å². The Morgan fingerprint density at radius 3 is 1.23 bits per heavy atom. The molecule has 0 unspecified atom stereocenters. The Labute approximate surface area is 261 Å². The number of aliphatic hydroxyl groups is 1. The number of unbranched alkanes of at least 4 members (excludes halogenated alkanes) is 15. The summed E-state index contributed by atoms with van der Waals surface area (Å²) >= 11 is 0. The lowest BCUT2D eigenvalue weighted by molar-refractivity contribution is -0.0486. The van der Waals surface area contributed by atoms with Gasteiger partial charge in [-0.3, -0.25) is 0 Å². The number of fused-ring (bicyclic) bond motifs is 2. The van der Waals surface area contributed by atoms with E-state index in [0.29, 0.717) is 55.8 Å². The summed E-state index contributed by atoms with van der Waals surface area (Å²) in [7, 11) is 0. The molecule has 0 amide bonds. The van der Waals surface area contributed by atoms with E-state index in [1.165, 1.54) is 89.9 Å². The fourth-order valence-corrected chi connectivity index (χ4v) is 5.51. The van der Waals surface area contributed by atoms with Gasteiger partial charge in [-0.25, -0.2) is 0 Å². The summed E-state index contributed by atoms with van der Waals surface area (Å²) in [6, 6.07) is 15.2. The Kier molecular flexibility index (Phi) is 18.0. The molecule has 2 aromatic carbocycles. The van der Waals surface area contributed by atoms with E-state index in [0.717, 1.165) is 12.8 Å². The van der Waals surface area contributed by atoms with Gasteiger partial charge in [-0.05, 0) is 30.7 Å². The molecule has 43 heavy (non-hydrogen) atoms. The lowest BCUT2D eigenvalue weighted by Crippen LogP contribution is -2.42. The van der Waals surface area contributed by atoms with Crippen LogP contribution < -0.4 is 18.9 Å². The quantitative estimate of drug-likeness (QED) is 0.183. The van der Waals surface area contributed by atoms with Gasteiger partial charge in [0.25, 0.3) is 0 Å². The van der Waals surface area contributed by atoms with Crippen LogP contribution in [0.5, 0.6) is 23.0 Å². The molecule has 6 heteroatoms. The molecule has 1 heterocycles. The molecule has 0 saturated carbocycles. The van der Waals surface area contributed by atoms with E-state index in [1.807, 2.05) is 48.5 Å². The van der Waals surface area contributed by atoms with Crippen molar-refractivity contribution in [2.45, 2.75) is 122 Å². The molecule has 0 aromatic heterocycles. The second kappa shape index (κ2) is 22.1. The van der Waals surface area contributed by atoms with Crippen molar-refractivity contribution in [2.75, 3.05) is 39.6 Å². The smallest absolute Gasteiger partial charge is 0.161 e. The predicted molar refractivity (Wildman–Crippen MR) is 175 cm³/mol. The first-order chi connectivity index (χ1) is 21.2. The summed E-state index contributed by atoms with van der Waals surface area (Å²) in [6.45, 7) is 4.21. The zero-order chi connectivity index (χ0) is 30.3. The van der Waals surface area contributed by atoms with E-state index in [-0.39, 0.29) is 13.2 Å². The first-order valence-electron chi connectivity index (χ1n) is 17.2. The summed E-state index contributed by atoms with van der Waals surface area (Å²) in [4.78, 5) is 0. The van der Waals surface area contributed by atoms with Gasteiger partial charge in [0, 0.05) is 0 Å². The van der Waals surface area contributed by atoms with Crippen LogP contribution in [-0.4, -0.2) is 50.3 Å². The molecule has 0 radical (unpaired) electrons. The molecule has 3 rings (SSSR count). The Balaban J connectivity index is 1.40. The zero-order valence-electron chi connectivity index (χ0n) is 26.9. The van der Waals surface area contributed by atoms with Gasteiger partial charge in [-0.1, -0.05) is 134 Å². The van der Waals surface area contributed by atoms with Gasteiger partial charge in [0.05, 0.1) is 13.2 Å². The minimum Gasteiger partial charge on any atom is -0.487 e. The Morgan fingerprint density at radius 2 is 0.837 bits per heavy atom. The van der Waals surface area contributed by atoms with Crippen LogP contribution in [0.1, 0.15) is 116 Å². The molecule has 0 bridgehead atoms. The second-order valence-corrected chi connectivity index (χ2v) is 12.1. The average molecular weight is 599 g/mol. The number of hydrogen-bond donors (Lipinski definition) is 1. The van der Waals surface area contributed by atoms with E-state index in [2.05, 4.69) is 6.92 Å². The number of hydrogen-bond acceptors (Lipinski definition) is 6. The molecule has 2 aromatic rings. The first kappa shape index (κ1) is 35.0. The number of benzene rings is 2. The van der Waals surface area contributed by atoms with E-state index in [4.69, 9.17) is 23.7 Å². The highest BCUT2D eigenvalue weighted by Crippen LogP contribution is 2.31. The number of ether oxygens (including phenoxy) is 5. The van der Waals surface area contributed by atoms with Gasteiger partial charge in [-0.2, -0.15) is 0 Å². The van der Waals surface area contributed by atoms with Gasteiger partial charge < -0.3 is 28.8 Å². The Bertz CT molecular complexity index is 908. The highest BCUT2D eigenvalue weighted by Gasteiger charge is 2.30. The molecule has 6 nitrogen and oxygen atoms in total. The van der Waals surface area contributed by atoms with Crippen molar-refractivity contribution in [1.29, 1.82) is 0 Å². The minimum absolute atomic E-state index is 0.117. The SMILES string of the molecule is CCCCCCCCCCCCCCCCCCC1(O)COc2ccccc2OCCOCCOc2ccccc2OC1. The summed E-state index contributed by atoms with van der Waals surface area (Å²) in [5.74, 6) is 2.52. The first-order valence-corrected chi connectivity index (χ1v) is 17.2. The standard InChI is InChI=1S/C37H58O6/c1-2-3-4-5-6-7-8-9-10-11-12-13-14-15-16-21-26-37(38)31-42-35-24-19-17-22-33(35)40-29-27-39-28-30-41-34-23-18-20-25-36(34)43-32-37/h17-20,22-25,38H,2-16,21,26-32H2,1H3. The van der Waals surface area contributed by atoms with Crippen molar-refractivity contribution in [1.82, 2.24) is 0 Å². The fraction of sp³-hybridized carbons (Fsp3) is 0.676. The molecule has 1 aliphatic heterocycles. The van der Waals surface area contributed by atoms with Crippen LogP contribution in [0.3, 0.4) is 0 Å². The molecular formula is C37H58O6. The minimum atomic E-state index is -1.14. The van der Waals surface area contributed by atoms with Crippen LogP contribution in [0.15, 0.2) is 48.5 Å². The Morgan fingerprint density at radius 1 is 0.488 bits per heavy atom. The molecule has 0 fully saturated rings. The van der Waals surface area contributed by atoms with Crippen molar-refractivity contribution in [3.8, 4) is 23.0 Å². The number of para-hydroxylation sites is 4. The van der Waals surface area contributed by atoms with Crippen LogP contribution in [-0.2, 0) is 4.74 Å². The van der Waals surface area contributed by atoms with Gasteiger partial charge in [0.15, 0.2) is 23.0 Å². The summed E-state index contributed by atoms with van der Waals surface area (Å²) in [6.07, 6.45) is 21.7. The molecule has 1 N–H and O–H groups in total. The van der Waals surface area contributed by atoms with Crippen molar-refractivity contribution in [2.24, 2.45) is 0 Å². The van der Waals surface area contributed by atoms with Gasteiger partial charge >= 0.3 is 0 Å². The zero-order valence-corrected chi connectivity index (χ0v) is 26.9. The van der Waals surface area contributed by atoms with Crippen molar-refractivity contribution in [3.63, 3.8) is 0 Å². The third kappa shape index (κ3) is 15.2. The number of rotatable bonds is 17. The van der Waals surface area contributed by atoms with Crippen LogP contribution in [0.2, 0.25) is 0 Å². The summed E-state index contributed by atoms with van der Waals surface area (Å²) in [5, 5.41) is 11.7. The lowest BCUT2D eigenvalue weighted by atomic mass is 9.96. The van der Waals surface area contributed by atoms with Crippen LogP contribution in [0.4, 0.5) is 0 Å². The maximum Gasteiger partial charge on any atom is 0.161 e. The van der Waals surface area contributed by atoms with E-state index < -0.39 is 5.60 Å². The Hall–Kier alpha value is -2.44. The van der Waals surface area contributed by atoms with Gasteiger partial charge in [0.1, 0.15) is 32.0 Å². The summed E-state index contributed by atoms with van der Waals surface area (Å²) < 4.78 is 29.7. The summed E-state index contributed by atoms with van der Waals surface area (Å²) in [5.41, 5.74) is -1.14. The normalized spacial score (nSPS) is 15.7. The van der Waals surface area contributed by atoms with Crippen LogP contribution in [0, 0.1) is 0 Å². The van der Waals surface area contributed by atoms with Crippen molar-refractivity contribution >= 4 is 0 Å². The van der Waals surface area contributed by atoms with Crippen molar-refractivity contribution < 1.29 is 28.8 Å². The van der Waals surface area contributed by atoms with Gasteiger partial charge in [0.2, 0.25) is 0 Å². The largest absolute Gasteiger partial charge is 0.487 e. The highest BCUT2D eigenvalue weighted by atomic mass is 16.6. The molecule has 242 valence electrons. The maximum absolute atomic E-state index is 11.7. The van der Waals surface area contributed by atoms with Gasteiger partial charge in [-0.15, -0.1) is 0 Å². The predicted octanol–water partition coefficient (Wildman–Crippen LogP) is 9.31. The average Bonchev–Trinajstić information content (AvgIpc) is 3.03.